The Bertz CT molecular complexity index is 435. The minimum absolute atomic E-state index is 0.234. The van der Waals surface area contributed by atoms with E-state index in [1.54, 1.807) is 11.1 Å². The molecular formula is C14H22N4O. The summed E-state index contributed by atoms with van der Waals surface area (Å²) in [6.07, 6.45) is 4.40. The van der Waals surface area contributed by atoms with Gasteiger partial charge < -0.3 is 15.5 Å². The van der Waals surface area contributed by atoms with Crippen LogP contribution < -0.4 is 10.6 Å². The number of aromatic nitrogens is 1. The number of hydrogen-bond donors (Lipinski definition) is 2. The summed E-state index contributed by atoms with van der Waals surface area (Å²) in [6, 6.07) is 4.31. The molecule has 0 aliphatic carbocycles. The average molecular weight is 262 g/mol. The van der Waals surface area contributed by atoms with Gasteiger partial charge in [-0.05, 0) is 18.9 Å². The molecule has 19 heavy (non-hydrogen) atoms. The molecule has 1 aromatic rings. The van der Waals surface area contributed by atoms with Crippen LogP contribution in [0.2, 0.25) is 0 Å². The van der Waals surface area contributed by atoms with Gasteiger partial charge in [-0.25, -0.2) is 4.98 Å². The van der Waals surface area contributed by atoms with Gasteiger partial charge >= 0.3 is 0 Å². The number of anilines is 2. The number of carbonyl (C=O) groups is 1. The number of amides is 1. The second kappa shape index (κ2) is 6.41. The highest BCUT2D eigenvalue weighted by atomic mass is 16.2. The lowest BCUT2D eigenvalue weighted by molar-refractivity contribution is -0.132. The molecule has 1 aliphatic rings. The molecule has 2 rings (SSSR count). The lowest BCUT2D eigenvalue weighted by Gasteiger charge is -2.30. The normalized spacial score (nSPS) is 19.4. The molecule has 1 aromatic heterocycles. The maximum Gasteiger partial charge on any atom is 0.222 e. The number of rotatable bonds is 5. The molecule has 1 aliphatic heterocycles. The van der Waals surface area contributed by atoms with Gasteiger partial charge in [-0.2, -0.15) is 0 Å². The standard InChI is InChI=1S/C14H22N4O/c1-3-7-15-13-9-11(6-8-16-13)17-12-4-5-14(19)18(2)10-12/h6,8-9,12H,3-5,7,10H2,1-2H3,(H2,15,16,17). The van der Waals surface area contributed by atoms with E-state index in [0.29, 0.717) is 12.5 Å². The van der Waals surface area contributed by atoms with Crippen molar-refractivity contribution in [1.82, 2.24) is 9.88 Å². The van der Waals surface area contributed by atoms with Crippen LogP contribution in [0.3, 0.4) is 0 Å². The van der Waals surface area contributed by atoms with Crippen molar-refractivity contribution < 1.29 is 4.79 Å². The average Bonchev–Trinajstić information content (AvgIpc) is 2.41. The fourth-order valence-corrected chi connectivity index (χ4v) is 2.24. The van der Waals surface area contributed by atoms with Crippen LogP contribution in [0.5, 0.6) is 0 Å². The van der Waals surface area contributed by atoms with Crippen molar-refractivity contribution in [3.63, 3.8) is 0 Å². The highest BCUT2D eigenvalue weighted by molar-refractivity contribution is 5.77. The molecule has 2 heterocycles. The van der Waals surface area contributed by atoms with Crippen LogP contribution in [0, 0.1) is 0 Å². The molecule has 1 atom stereocenters. The Kier molecular flexibility index (Phi) is 4.60. The molecule has 1 fully saturated rings. The van der Waals surface area contributed by atoms with Gasteiger partial charge in [0, 0.05) is 50.6 Å². The first-order valence-corrected chi connectivity index (χ1v) is 6.89. The van der Waals surface area contributed by atoms with Crippen LogP contribution in [-0.2, 0) is 4.79 Å². The van der Waals surface area contributed by atoms with Gasteiger partial charge in [0.25, 0.3) is 0 Å². The maximum absolute atomic E-state index is 11.4. The van der Waals surface area contributed by atoms with Crippen LogP contribution in [0.4, 0.5) is 11.5 Å². The Hall–Kier alpha value is -1.78. The Balaban J connectivity index is 1.93. The molecule has 0 bridgehead atoms. The van der Waals surface area contributed by atoms with E-state index in [1.165, 1.54) is 0 Å². The third kappa shape index (κ3) is 3.84. The van der Waals surface area contributed by atoms with Gasteiger partial charge in [-0.15, -0.1) is 0 Å². The van der Waals surface area contributed by atoms with Crippen molar-refractivity contribution in [3.8, 4) is 0 Å². The molecule has 0 spiro atoms. The first-order valence-electron chi connectivity index (χ1n) is 6.89. The lowest BCUT2D eigenvalue weighted by Crippen LogP contribution is -2.43. The highest BCUT2D eigenvalue weighted by Gasteiger charge is 2.22. The van der Waals surface area contributed by atoms with Gasteiger partial charge in [0.05, 0.1) is 0 Å². The van der Waals surface area contributed by atoms with Gasteiger partial charge in [0.15, 0.2) is 0 Å². The Morgan fingerprint density at radius 1 is 1.53 bits per heavy atom. The maximum atomic E-state index is 11.4. The Morgan fingerprint density at radius 3 is 3.11 bits per heavy atom. The molecular weight excluding hydrogens is 240 g/mol. The summed E-state index contributed by atoms with van der Waals surface area (Å²) < 4.78 is 0. The number of nitrogens with zero attached hydrogens (tertiary/aromatic N) is 2. The van der Waals surface area contributed by atoms with Crippen molar-refractivity contribution in [2.24, 2.45) is 0 Å². The minimum Gasteiger partial charge on any atom is -0.380 e. The van der Waals surface area contributed by atoms with E-state index in [1.807, 2.05) is 19.2 Å². The zero-order chi connectivity index (χ0) is 13.7. The predicted octanol–water partition coefficient (Wildman–Crippen LogP) is 1.94. The fourth-order valence-electron chi connectivity index (χ4n) is 2.24. The van der Waals surface area contributed by atoms with Gasteiger partial charge in [-0.3, -0.25) is 4.79 Å². The van der Waals surface area contributed by atoms with Crippen molar-refractivity contribution >= 4 is 17.4 Å². The van der Waals surface area contributed by atoms with Crippen LogP contribution in [0.15, 0.2) is 18.3 Å². The number of likely N-dealkylation sites (tertiary alicyclic amines) is 1. The summed E-state index contributed by atoms with van der Waals surface area (Å²) in [7, 11) is 1.86. The van der Waals surface area contributed by atoms with Crippen molar-refractivity contribution in [2.75, 3.05) is 30.8 Å². The first kappa shape index (κ1) is 13.6. The van der Waals surface area contributed by atoms with Crippen molar-refractivity contribution in [2.45, 2.75) is 32.2 Å². The summed E-state index contributed by atoms with van der Waals surface area (Å²) in [5.74, 6) is 1.13. The minimum atomic E-state index is 0.234. The molecule has 0 aromatic carbocycles. The van der Waals surface area contributed by atoms with Gasteiger partial charge in [0.1, 0.15) is 5.82 Å². The van der Waals surface area contributed by atoms with Crippen LogP contribution in [-0.4, -0.2) is 42.0 Å². The molecule has 1 unspecified atom stereocenters. The zero-order valence-corrected chi connectivity index (χ0v) is 11.6. The number of piperidine rings is 1. The second-order valence-corrected chi connectivity index (χ2v) is 5.01. The van der Waals surface area contributed by atoms with Gasteiger partial charge in [-0.1, -0.05) is 6.92 Å². The number of nitrogens with one attached hydrogen (secondary N) is 2. The predicted molar refractivity (Wildman–Crippen MR) is 77.3 cm³/mol. The summed E-state index contributed by atoms with van der Waals surface area (Å²) >= 11 is 0. The molecule has 0 radical (unpaired) electrons. The summed E-state index contributed by atoms with van der Waals surface area (Å²) in [6.45, 7) is 3.82. The third-order valence-corrected chi connectivity index (χ3v) is 3.31. The largest absolute Gasteiger partial charge is 0.380 e. The Labute approximate surface area is 114 Å². The molecule has 5 heteroatoms. The number of carbonyl (C=O) groups excluding carboxylic acids is 1. The topological polar surface area (TPSA) is 57.3 Å². The highest BCUT2D eigenvalue weighted by Crippen LogP contribution is 2.17. The van der Waals surface area contributed by atoms with E-state index in [2.05, 4.69) is 22.5 Å². The van der Waals surface area contributed by atoms with Gasteiger partial charge in [0.2, 0.25) is 5.91 Å². The molecule has 5 nitrogen and oxygen atoms in total. The van der Waals surface area contributed by atoms with E-state index >= 15 is 0 Å². The molecule has 1 amide bonds. The lowest BCUT2D eigenvalue weighted by atomic mass is 10.1. The van der Waals surface area contributed by atoms with Crippen molar-refractivity contribution in [1.29, 1.82) is 0 Å². The zero-order valence-electron chi connectivity index (χ0n) is 11.6. The fraction of sp³-hybridized carbons (Fsp3) is 0.571. The summed E-state index contributed by atoms with van der Waals surface area (Å²) in [5, 5.41) is 6.75. The van der Waals surface area contributed by atoms with Crippen molar-refractivity contribution in [3.05, 3.63) is 18.3 Å². The van der Waals surface area contributed by atoms with E-state index in [0.717, 1.165) is 37.4 Å². The monoisotopic (exact) mass is 262 g/mol. The molecule has 2 N–H and O–H groups in total. The summed E-state index contributed by atoms with van der Waals surface area (Å²) in [4.78, 5) is 17.5. The Morgan fingerprint density at radius 2 is 2.37 bits per heavy atom. The van der Waals surface area contributed by atoms with E-state index in [-0.39, 0.29) is 5.91 Å². The first-order chi connectivity index (χ1) is 9.19. The van der Waals surface area contributed by atoms with Crippen LogP contribution >= 0.6 is 0 Å². The SMILES string of the molecule is CCCNc1cc(NC2CCC(=O)N(C)C2)ccn1. The van der Waals surface area contributed by atoms with Crippen LogP contribution in [0.25, 0.3) is 0 Å². The number of hydrogen-bond acceptors (Lipinski definition) is 4. The number of likely N-dealkylation sites (N-methyl/N-ethyl adjacent to an activating group) is 1. The second-order valence-electron chi connectivity index (χ2n) is 5.01. The quantitative estimate of drug-likeness (QED) is 0.851. The van der Waals surface area contributed by atoms with E-state index in [4.69, 9.17) is 0 Å². The molecule has 104 valence electrons. The third-order valence-electron chi connectivity index (χ3n) is 3.31. The molecule has 0 saturated carbocycles. The molecule has 1 saturated heterocycles. The van der Waals surface area contributed by atoms with E-state index < -0.39 is 0 Å². The summed E-state index contributed by atoms with van der Waals surface area (Å²) in [5.41, 5.74) is 1.06. The van der Waals surface area contributed by atoms with E-state index in [9.17, 15) is 4.79 Å². The number of pyridine rings is 1. The smallest absolute Gasteiger partial charge is 0.222 e. The van der Waals surface area contributed by atoms with Crippen LogP contribution in [0.1, 0.15) is 26.2 Å².